The summed E-state index contributed by atoms with van der Waals surface area (Å²) in [5, 5.41) is 4.72. The van der Waals surface area contributed by atoms with Crippen molar-refractivity contribution in [3.05, 3.63) is 23.9 Å². The smallest absolute Gasteiger partial charge is 0.0951 e. The molecule has 6 heteroatoms. The van der Waals surface area contributed by atoms with Crippen molar-refractivity contribution in [2.24, 2.45) is 0 Å². The second-order valence-corrected chi connectivity index (χ2v) is 7.16. The first-order valence-corrected chi connectivity index (χ1v) is 9.36. The van der Waals surface area contributed by atoms with Gasteiger partial charge in [-0.05, 0) is 40.2 Å². The first kappa shape index (κ1) is 20.0. The minimum absolute atomic E-state index is 0. The SMILES string of the molecule is CCCn1nc(C)c(-c2cncn2CCN(C)C2CCCC2)c1C.Cl. The van der Waals surface area contributed by atoms with E-state index in [0.29, 0.717) is 0 Å². The largest absolute Gasteiger partial charge is 0.329 e. The van der Waals surface area contributed by atoms with E-state index in [2.05, 4.69) is 47.0 Å². The van der Waals surface area contributed by atoms with Gasteiger partial charge in [-0.3, -0.25) is 4.68 Å². The Bertz CT molecular complexity index is 669. The van der Waals surface area contributed by atoms with Gasteiger partial charge in [0.2, 0.25) is 0 Å². The lowest BCUT2D eigenvalue weighted by atomic mass is 10.1. The van der Waals surface area contributed by atoms with Gasteiger partial charge in [-0.15, -0.1) is 12.4 Å². The molecule has 5 nitrogen and oxygen atoms in total. The number of nitrogens with zero attached hydrogens (tertiary/aromatic N) is 5. The first-order valence-electron chi connectivity index (χ1n) is 9.36. The molecule has 0 bridgehead atoms. The van der Waals surface area contributed by atoms with Crippen LogP contribution in [0.25, 0.3) is 11.3 Å². The molecule has 1 saturated carbocycles. The van der Waals surface area contributed by atoms with E-state index in [1.54, 1.807) is 0 Å². The fraction of sp³-hybridized carbons (Fsp3) is 0.684. The Kier molecular flexibility index (Phi) is 7.08. The lowest BCUT2D eigenvalue weighted by molar-refractivity contribution is 0.237. The summed E-state index contributed by atoms with van der Waals surface area (Å²) in [5.41, 5.74) is 4.81. The molecule has 2 aromatic rings. The molecule has 25 heavy (non-hydrogen) atoms. The molecule has 1 aliphatic rings. The fourth-order valence-electron chi connectivity index (χ4n) is 4.00. The fourth-order valence-corrected chi connectivity index (χ4v) is 4.00. The summed E-state index contributed by atoms with van der Waals surface area (Å²) in [5.74, 6) is 0. The van der Waals surface area contributed by atoms with Crippen molar-refractivity contribution in [2.75, 3.05) is 13.6 Å². The first-order chi connectivity index (χ1) is 11.6. The molecule has 0 unspecified atom stereocenters. The standard InChI is InChI=1S/C19H31N5.ClH/c1-5-10-24-16(3)19(15(2)21-24)18-13-20-14-23(18)12-11-22(4)17-8-6-7-9-17;/h13-14,17H,5-12H2,1-4H3;1H. The number of aromatic nitrogens is 4. The molecular weight excluding hydrogens is 334 g/mol. The monoisotopic (exact) mass is 365 g/mol. The summed E-state index contributed by atoms with van der Waals surface area (Å²) in [6.07, 6.45) is 10.6. The van der Waals surface area contributed by atoms with Crippen LogP contribution in [0.15, 0.2) is 12.5 Å². The van der Waals surface area contributed by atoms with E-state index in [-0.39, 0.29) is 12.4 Å². The zero-order chi connectivity index (χ0) is 17.1. The second-order valence-electron chi connectivity index (χ2n) is 7.16. The summed E-state index contributed by atoms with van der Waals surface area (Å²) in [4.78, 5) is 6.94. The number of hydrogen-bond donors (Lipinski definition) is 0. The Labute approximate surface area is 157 Å². The van der Waals surface area contributed by atoms with Gasteiger partial charge in [0.25, 0.3) is 0 Å². The number of aryl methyl sites for hydroxylation is 2. The van der Waals surface area contributed by atoms with Gasteiger partial charge in [0, 0.05) is 36.9 Å². The molecule has 0 aromatic carbocycles. The second kappa shape index (κ2) is 8.86. The normalized spacial score (nSPS) is 15.1. The molecule has 0 radical (unpaired) electrons. The molecule has 2 heterocycles. The van der Waals surface area contributed by atoms with Gasteiger partial charge in [-0.25, -0.2) is 4.98 Å². The van der Waals surface area contributed by atoms with E-state index >= 15 is 0 Å². The van der Waals surface area contributed by atoms with E-state index in [1.807, 2.05) is 12.5 Å². The maximum atomic E-state index is 4.72. The average Bonchev–Trinajstić information content (AvgIpc) is 3.28. The van der Waals surface area contributed by atoms with Crippen LogP contribution in [-0.2, 0) is 13.1 Å². The molecule has 0 saturated heterocycles. The summed E-state index contributed by atoms with van der Waals surface area (Å²) in [7, 11) is 2.27. The van der Waals surface area contributed by atoms with E-state index in [4.69, 9.17) is 5.10 Å². The van der Waals surface area contributed by atoms with Crippen LogP contribution in [0.3, 0.4) is 0 Å². The Balaban J connectivity index is 0.00000225. The van der Waals surface area contributed by atoms with E-state index in [0.717, 1.165) is 37.8 Å². The maximum Gasteiger partial charge on any atom is 0.0951 e. The zero-order valence-electron chi connectivity index (χ0n) is 16.0. The molecule has 0 spiro atoms. The summed E-state index contributed by atoms with van der Waals surface area (Å²) >= 11 is 0. The van der Waals surface area contributed by atoms with Crippen molar-refractivity contribution in [3.63, 3.8) is 0 Å². The van der Waals surface area contributed by atoms with Crippen molar-refractivity contribution in [1.29, 1.82) is 0 Å². The highest BCUT2D eigenvalue weighted by atomic mass is 35.5. The van der Waals surface area contributed by atoms with Gasteiger partial charge >= 0.3 is 0 Å². The highest BCUT2D eigenvalue weighted by Gasteiger charge is 2.20. The van der Waals surface area contributed by atoms with Gasteiger partial charge in [0.05, 0.1) is 23.9 Å². The van der Waals surface area contributed by atoms with Gasteiger partial charge in [0.1, 0.15) is 0 Å². The summed E-state index contributed by atoms with van der Waals surface area (Å²) < 4.78 is 4.42. The van der Waals surface area contributed by atoms with Gasteiger partial charge < -0.3 is 9.47 Å². The van der Waals surface area contributed by atoms with Crippen LogP contribution >= 0.6 is 12.4 Å². The third-order valence-electron chi connectivity index (χ3n) is 5.43. The average molecular weight is 366 g/mol. The predicted octanol–water partition coefficient (Wildman–Crippen LogP) is 4.07. The van der Waals surface area contributed by atoms with Crippen LogP contribution in [0.5, 0.6) is 0 Å². The predicted molar refractivity (Wildman–Crippen MR) is 105 cm³/mol. The third kappa shape index (κ3) is 4.26. The molecule has 0 atom stereocenters. The summed E-state index contributed by atoms with van der Waals surface area (Å²) in [6.45, 7) is 9.52. The molecule has 0 amide bonds. The molecule has 1 aliphatic carbocycles. The molecule has 3 rings (SSSR count). The van der Waals surface area contributed by atoms with Crippen molar-refractivity contribution >= 4 is 12.4 Å². The Morgan fingerprint density at radius 3 is 2.60 bits per heavy atom. The number of halogens is 1. The highest BCUT2D eigenvalue weighted by Crippen LogP contribution is 2.27. The highest BCUT2D eigenvalue weighted by molar-refractivity contribution is 5.85. The molecule has 0 N–H and O–H groups in total. The third-order valence-corrected chi connectivity index (χ3v) is 5.43. The van der Waals surface area contributed by atoms with Crippen LogP contribution < -0.4 is 0 Å². The topological polar surface area (TPSA) is 38.9 Å². The van der Waals surface area contributed by atoms with Crippen LogP contribution in [0, 0.1) is 13.8 Å². The lowest BCUT2D eigenvalue weighted by Gasteiger charge is -2.24. The molecule has 1 fully saturated rings. The van der Waals surface area contributed by atoms with Crippen LogP contribution in [0.2, 0.25) is 0 Å². The van der Waals surface area contributed by atoms with Gasteiger partial charge in [-0.2, -0.15) is 5.10 Å². The van der Waals surface area contributed by atoms with Crippen molar-refractivity contribution in [1.82, 2.24) is 24.2 Å². The van der Waals surface area contributed by atoms with Crippen LogP contribution in [0.4, 0.5) is 0 Å². The minimum Gasteiger partial charge on any atom is -0.329 e. The van der Waals surface area contributed by atoms with Crippen molar-refractivity contribution in [2.45, 2.75) is 72.0 Å². The number of hydrogen-bond acceptors (Lipinski definition) is 3. The minimum atomic E-state index is 0. The Morgan fingerprint density at radius 1 is 1.20 bits per heavy atom. The molecule has 2 aromatic heterocycles. The molecule has 0 aliphatic heterocycles. The Morgan fingerprint density at radius 2 is 1.92 bits per heavy atom. The number of likely N-dealkylation sites (N-methyl/N-ethyl adjacent to an activating group) is 1. The van der Waals surface area contributed by atoms with Crippen molar-refractivity contribution < 1.29 is 0 Å². The van der Waals surface area contributed by atoms with E-state index in [9.17, 15) is 0 Å². The maximum absolute atomic E-state index is 4.72. The van der Waals surface area contributed by atoms with Crippen LogP contribution in [-0.4, -0.2) is 43.9 Å². The van der Waals surface area contributed by atoms with Gasteiger partial charge in [0.15, 0.2) is 0 Å². The number of rotatable bonds is 7. The van der Waals surface area contributed by atoms with E-state index < -0.39 is 0 Å². The van der Waals surface area contributed by atoms with E-state index in [1.165, 1.54) is 42.6 Å². The van der Waals surface area contributed by atoms with Crippen molar-refractivity contribution in [3.8, 4) is 11.3 Å². The van der Waals surface area contributed by atoms with Crippen LogP contribution in [0.1, 0.15) is 50.4 Å². The molecule has 140 valence electrons. The quantitative estimate of drug-likeness (QED) is 0.742. The Hall–Kier alpha value is -1.33. The lowest BCUT2D eigenvalue weighted by Crippen LogP contribution is -2.32. The number of imidazole rings is 1. The molecular formula is C19H32ClN5. The van der Waals surface area contributed by atoms with Gasteiger partial charge in [-0.1, -0.05) is 19.8 Å². The zero-order valence-corrected chi connectivity index (χ0v) is 16.8. The summed E-state index contributed by atoms with van der Waals surface area (Å²) in [6, 6.07) is 0.771.